The van der Waals surface area contributed by atoms with E-state index in [1.807, 2.05) is 10.6 Å². The third-order valence-corrected chi connectivity index (χ3v) is 3.69. The quantitative estimate of drug-likeness (QED) is 0.898. The molecule has 2 aromatic heterocycles. The normalized spacial score (nSPS) is 17.2. The van der Waals surface area contributed by atoms with Gasteiger partial charge in [0.2, 0.25) is 0 Å². The van der Waals surface area contributed by atoms with E-state index in [4.69, 9.17) is 10.5 Å². The lowest BCUT2D eigenvalue weighted by atomic mass is 9.98. The largest absolute Gasteiger partial charge is 0.384 e. The first-order valence-corrected chi connectivity index (χ1v) is 6.61. The van der Waals surface area contributed by atoms with Crippen molar-refractivity contribution in [1.82, 2.24) is 14.4 Å². The number of nitrogens with zero attached hydrogens (tertiary/aromatic N) is 4. The summed E-state index contributed by atoms with van der Waals surface area (Å²) in [7, 11) is 1.76. The highest BCUT2D eigenvalue weighted by atomic mass is 16.5. The minimum atomic E-state index is 0.527. The van der Waals surface area contributed by atoms with Crippen LogP contribution in [0.25, 0.3) is 5.65 Å². The van der Waals surface area contributed by atoms with Gasteiger partial charge in [-0.2, -0.15) is 0 Å². The van der Waals surface area contributed by atoms with Gasteiger partial charge in [-0.15, -0.1) is 0 Å². The van der Waals surface area contributed by atoms with Crippen LogP contribution in [0.1, 0.15) is 12.8 Å². The summed E-state index contributed by atoms with van der Waals surface area (Å²) in [5.74, 6) is 2.07. The molecule has 0 aromatic carbocycles. The Bertz CT molecular complexity index is 559. The fraction of sp³-hybridized carbons (Fsp3) is 0.538. The average molecular weight is 261 g/mol. The van der Waals surface area contributed by atoms with Crippen LogP contribution in [-0.2, 0) is 4.74 Å². The predicted molar refractivity (Wildman–Crippen MR) is 74.2 cm³/mol. The average Bonchev–Trinajstić information content (AvgIpc) is 2.87. The number of nitrogen functional groups attached to an aromatic ring is 1. The highest BCUT2D eigenvalue weighted by Crippen LogP contribution is 2.25. The van der Waals surface area contributed by atoms with Crippen LogP contribution in [0.15, 0.2) is 18.6 Å². The molecule has 6 nitrogen and oxygen atoms in total. The zero-order valence-electron chi connectivity index (χ0n) is 11.1. The van der Waals surface area contributed by atoms with Gasteiger partial charge in [0.25, 0.3) is 0 Å². The van der Waals surface area contributed by atoms with E-state index in [9.17, 15) is 0 Å². The number of anilines is 2. The van der Waals surface area contributed by atoms with Gasteiger partial charge in [0, 0.05) is 39.2 Å². The molecule has 1 aliphatic rings. The molecule has 0 saturated carbocycles. The van der Waals surface area contributed by atoms with Crippen LogP contribution in [0.5, 0.6) is 0 Å². The number of methoxy groups -OCH3 is 1. The molecule has 6 heteroatoms. The lowest BCUT2D eigenvalue weighted by Gasteiger charge is -2.32. The molecular weight excluding hydrogens is 242 g/mol. The Morgan fingerprint density at radius 1 is 1.42 bits per heavy atom. The minimum absolute atomic E-state index is 0.527. The highest BCUT2D eigenvalue weighted by molar-refractivity contribution is 5.66. The third kappa shape index (κ3) is 2.35. The Morgan fingerprint density at radius 3 is 2.95 bits per heavy atom. The maximum Gasteiger partial charge on any atom is 0.180 e. The zero-order valence-corrected chi connectivity index (χ0v) is 11.1. The summed E-state index contributed by atoms with van der Waals surface area (Å²) in [5, 5.41) is 0. The number of aromatic nitrogens is 3. The Labute approximate surface area is 112 Å². The van der Waals surface area contributed by atoms with E-state index in [2.05, 4.69) is 14.9 Å². The van der Waals surface area contributed by atoms with Crippen molar-refractivity contribution in [1.29, 1.82) is 0 Å². The number of nitrogens with two attached hydrogens (primary N) is 1. The van der Waals surface area contributed by atoms with Crippen molar-refractivity contribution in [2.45, 2.75) is 12.8 Å². The number of hydrogen-bond donors (Lipinski definition) is 1. The van der Waals surface area contributed by atoms with Crippen molar-refractivity contribution < 1.29 is 4.74 Å². The summed E-state index contributed by atoms with van der Waals surface area (Å²) in [6.07, 6.45) is 7.71. The Hall–Kier alpha value is -1.82. The smallest absolute Gasteiger partial charge is 0.180 e. The SMILES string of the molecule is COCC1CCN(c2nc(N)cn3ccnc23)CC1. The van der Waals surface area contributed by atoms with Crippen LogP contribution in [0.2, 0.25) is 0 Å². The number of ether oxygens (including phenoxy) is 1. The Morgan fingerprint density at radius 2 is 2.21 bits per heavy atom. The summed E-state index contributed by atoms with van der Waals surface area (Å²) in [6, 6.07) is 0. The molecule has 0 amide bonds. The van der Waals surface area contributed by atoms with E-state index in [1.165, 1.54) is 0 Å². The van der Waals surface area contributed by atoms with E-state index < -0.39 is 0 Å². The van der Waals surface area contributed by atoms with E-state index in [-0.39, 0.29) is 0 Å². The molecule has 0 spiro atoms. The molecule has 1 saturated heterocycles. The molecule has 19 heavy (non-hydrogen) atoms. The topological polar surface area (TPSA) is 68.7 Å². The molecule has 102 valence electrons. The molecule has 1 fully saturated rings. The van der Waals surface area contributed by atoms with Crippen molar-refractivity contribution in [3.05, 3.63) is 18.6 Å². The van der Waals surface area contributed by atoms with E-state index in [1.54, 1.807) is 19.5 Å². The summed E-state index contributed by atoms with van der Waals surface area (Å²) in [6.45, 7) is 2.80. The molecular formula is C13H19N5O. The molecule has 0 atom stereocenters. The standard InChI is InChI=1S/C13H19N5O/c1-19-9-10-2-5-17(6-3-10)13-12-15-4-7-18(12)8-11(14)16-13/h4,7-8,10H,2-3,5-6,9,14H2,1H3. The van der Waals surface area contributed by atoms with Gasteiger partial charge in [-0.25, -0.2) is 9.97 Å². The second-order valence-electron chi connectivity index (χ2n) is 5.03. The number of piperidine rings is 1. The summed E-state index contributed by atoms with van der Waals surface area (Å²) < 4.78 is 7.16. The van der Waals surface area contributed by atoms with Gasteiger partial charge < -0.3 is 19.8 Å². The number of fused-ring (bicyclic) bond motifs is 1. The van der Waals surface area contributed by atoms with Gasteiger partial charge in [0.15, 0.2) is 11.5 Å². The number of rotatable bonds is 3. The zero-order chi connectivity index (χ0) is 13.2. The lowest BCUT2D eigenvalue weighted by Crippen LogP contribution is -2.36. The van der Waals surface area contributed by atoms with Gasteiger partial charge in [0.1, 0.15) is 5.82 Å². The maximum absolute atomic E-state index is 5.86. The first kappa shape index (κ1) is 12.2. The highest BCUT2D eigenvalue weighted by Gasteiger charge is 2.22. The fourth-order valence-corrected chi connectivity index (χ4v) is 2.69. The van der Waals surface area contributed by atoms with Crippen molar-refractivity contribution in [3.63, 3.8) is 0 Å². The number of imidazole rings is 1. The van der Waals surface area contributed by atoms with Crippen LogP contribution in [0, 0.1) is 5.92 Å². The number of hydrogen-bond acceptors (Lipinski definition) is 5. The van der Waals surface area contributed by atoms with Crippen LogP contribution in [0.3, 0.4) is 0 Å². The first-order valence-electron chi connectivity index (χ1n) is 6.61. The monoisotopic (exact) mass is 261 g/mol. The van der Waals surface area contributed by atoms with Crippen LogP contribution >= 0.6 is 0 Å². The molecule has 0 aliphatic carbocycles. The Kier molecular flexibility index (Phi) is 3.25. The van der Waals surface area contributed by atoms with E-state index >= 15 is 0 Å². The summed E-state index contributed by atoms with van der Waals surface area (Å²) >= 11 is 0. The van der Waals surface area contributed by atoms with E-state index in [0.29, 0.717) is 11.7 Å². The molecule has 0 unspecified atom stereocenters. The van der Waals surface area contributed by atoms with Crippen LogP contribution in [-0.4, -0.2) is 41.2 Å². The third-order valence-electron chi connectivity index (χ3n) is 3.69. The lowest BCUT2D eigenvalue weighted by molar-refractivity contribution is 0.139. The van der Waals surface area contributed by atoms with Crippen LogP contribution in [0.4, 0.5) is 11.6 Å². The maximum atomic E-state index is 5.86. The Balaban J connectivity index is 1.83. The molecule has 2 N–H and O–H groups in total. The van der Waals surface area contributed by atoms with Crippen molar-refractivity contribution in [2.24, 2.45) is 5.92 Å². The molecule has 3 rings (SSSR count). The molecule has 0 radical (unpaired) electrons. The minimum Gasteiger partial charge on any atom is -0.384 e. The van der Waals surface area contributed by atoms with Crippen molar-refractivity contribution >= 4 is 17.3 Å². The van der Waals surface area contributed by atoms with Gasteiger partial charge >= 0.3 is 0 Å². The van der Waals surface area contributed by atoms with Gasteiger partial charge in [-0.05, 0) is 18.8 Å². The predicted octanol–water partition coefficient (Wildman–Crippen LogP) is 1.17. The van der Waals surface area contributed by atoms with Crippen molar-refractivity contribution in [3.8, 4) is 0 Å². The van der Waals surface area contributed by atoms with Gasteiger partial charge in [-0.3, -0.25) is 0 Å². The van der Waals surface area contributed by atoms with Crippen molar-refractivity contribution in [2.75, 3.05) is 37.4 Å². The second-order valence-corrected chi connectivity index (χ2v) is 5.03. The summed E-state index contributed by atoms with van der Waals surface area (Å²) in [5.41, 5.74) is 6.73. The van der Waals surface area contributed by atoms with Gasteiger partial charge in [-0.1, -0.05) is 0 Å². The van der Waals surface area contributed by atoms with Gasteiger partial charge in [0.05, 0.1) is 6.20 Å². The molecule has 1 aliphatic heterocycles. The summed E-state index contributed by atoms with van der Waals surface area (Å²) in [4.78, 5) is 11.1. The molecule has 0 bridgehead atoms. The first-order chi connectivity index (χ1) is 9.28. The fourth-order valence-electron chi connectivity index (χ4n) is 2.69. The molecule has 2 aromatic rings. The second kappa shape index (κ2) is 5.05. The van der Waals surface area contributed by atoms with E-state index in [0.717, 1.165) is 44.0 Å². The molecule has 3 heterocycles. The van der Waals surface area contributed by atoms with Crippen LogP contribution < -0.4 is 10.6 Å².